The molecule has 0 aromatic heterocycles. The van der Waals surface area contributed by atoms with Gasteiger partial charge in [0.05, 0.1) is 11.1 Å². The van der Waals surface area contributed by atoms with Crippen molar-refractivity contribution < 1.29 is 24.0 Å². The summed E-state index contributed by atoms with van der Waals surface area (Å²) in [6.45, 7) is 1.89. The molecule has 0 heterocycles. The number of hydrogen-bond acceptors (Lipinski definition) is 7. The van der Waals surface area contributed by atoms with E-state index in [4.69, 9.17) is 4.74 Å². The van der Waals surface area contributed by atoms with Gasteiger partial charge in [-0.25, -0.2) is 10.2 Å². The van der Waals surface area contributed by atoms with Crippen molar-refractivity contribution in [2.75, 3.05) is 5.32 Å². The second-order valence-electron chi connectivity index (χ2n) is 8.89. The molecule has 0 unspecified atom stereocenters. The molecule has 210 valence electrons. The predicted molar refractivity (Wildman–Crippen MR) is 163 cm³/mol. The Hall–Kier alpha value is -5.42. The zero-order valence-electron chi connectivity index (χ0n) is 22.1. The average Bonchev–Trinajstić information content (AvgIpc) is 2.97. The van der Waals surface area contributed by atoms with Gasteiger partial charge in [0.1, 0.15) is 5.75 Å². The van der Waals surface area contributed by atoms with Gasteiger partial charge in [0.25, 0.3) is 17.5 Å². The van der Waals surface area contributed by atoms with Crippen molar-refractivity contribution in [1.82, 2.24) is 5.43 Å². The Morgan fingerprint density at radius 3 is 2.40 bits per heavy atom. The number of benzene rings is 4. The van der Waals surface area contributed by atoms with Crippen LogP contribution in [-0.4, -0.2) is 28.9 Å². The summed E-state index contributed by atoms with van der Waals surface area (Å²) in [6, 6.07) is 24.2. The number of halogens is 1. The summed E-state index contributed by atoms with van der Waals surface area (Å²) in [6.07, 6.45) is 3.87. The first-order valence-corrected chi connectivity index (χ1v) is 13.2. The number of hydrazone groups is 1. The summed E-state index contributed by atoms with van der Waals surface area (Å²) in [5, 5.41) is 17.7. The molecule has 0 aliphatic rings. The van der Waals surface area contributed by atoms with Gasteiger partial charge >= 0.3 is 5.97 Å². The minimum Gasteiger partial charge on any atom is -0.423 e. The number of nitro benzene ring substituents is 1. The van der Waals surface area contributed by atoms with Crippen molar-refractivity contribution in [2.24, 2.45) is 5.10 Å². The Morgan fingerprint density at radius 2 is 1.64 bits per heavy atom. The fraction of sp³-hybridized carbons (Fsp3) is 0.0323. The van der Waals surface area contributed by atoms with Crippen LogP contribution in [0.2, 0.25) is 0 Å². The van der Waals surface area contributed by atoms with Crippen molar-refractivity contribution >= 4 is 57.4 Å². The van der Waals surface area contributed by atoms with Gasteiger partial charge in [-0.05, 0) is 67.1 Å². The maximum atomic E-state index is 12.7. The standard InChI is InChI=1S/C31H23BrN4O6/c1-20-5-2-7-22(15-20)30(38)34-26-9-4-8-23(18-26)31(39)35-33-19-24-17-25(32)12-13-28(24)42-29(37)14-11-21-6-3-10-27(16-21)36(40)41/h2-19H,1H3,(H,34,38)(H,35,39)/b14-11+,33-19?. The molecule has 4 aromatic carbocycles. The molecule has 0 saturated carbocycles. The number of ether oxygens (including phenoxy) is 1. The van der Waals surface area contributed by atoms with E-state index in [2.05, 4.69) is 31.8 Å². The molecular weight excluding hydrogens is 604 g/mol. The van der Waals surface area contributed by atoms with Crippen molar-refractivity contribution in [3.63, 3.8) is 0 Å². The first-order chi connectivity index (χ1) is 20.2. The molecule has 2 amide bonds. The average molecular weight is 627 g/mol. The molecule has 11 heteroatoms. The molecule has 0 aliphatic heterocycles. The quantitative estimate of drug-likeness (QED) is 0.0558. The van der Waals surface area contributed by atoms with Gasteiger partial charge in [0.2, 0.25) is 0 Å². The lowest BCUT2D eigenvalue weighted by Gasteiger charge is -2.08. The summed E-state index contributed by atoms with van der Waals surface area (Å²) < 4.78 is 6.09. The van der Waals surface area contributed by atoms with Crippen LogP contribution < -0.4 is 15.5 Å². The van der Waals surface area contributed by atoms with Gasteiger partial charge in [-0.1, -0.05) is 51.8 Å². The fourth-order valence-corrected chi connectivity index (χ4v) is 4.09. The SMILES string of the molecule is Cc1cccc(C(=O)Nc2cccc(C(=O)NN=Cc3cc(Br)ccc3OC(=O)/C=C/c3cccc([N+](=O)[O-])c3)c2)c1. The van der Waals surface area contributed by atoms with Crippen LogP contribution in [0.3, 0.4) is 0 Å². The second kappa shape index (κ2) is 13.8. The van der Waals surface area contributed by atoms with E-state index in [1.807, 2.05) is 13.0 Å². The normalized spacial score (nSPS) is 10.9. The van der Waals surface area contributed by atoms with Crippen LogP contribution in [0.1, 0.15) is 37.4 Å². The summed E-state index contributed by atoms with van der Waals surface area (Å²) in [5.74, 6) is -1.37. The lowest BCUT2D eigenvalue weighted by molar-refractivity contribution is -0.384. The molecule has 0 radical (unpaired) electrons. The number of esters is 1. The van der Waals surface area contributed by atoms with Crippen LogP contribution in [0.4, 0.5) is 11.4 Å². The lowest BCUT2D eigenvalue weighted by atomic mass is 10.1. The van der Waals surface area contributed by atoms with Crippen molar-refractivity contribution in [1.29, 1.82) is 0 Å². The molecule has 0 fully saturated rings. The highest BCUT2D eigenvalue weighted by Crippen LogP contribution is 2.22. The Morgan fingerprint density at radius 1 is 0.905 bits per heavy atom. The monoisotopic (exact) mass is 626 g/mol. The molecule has 0 saturated heterocycles. The molecule has 0 spiro atoms. The first kappa shape index (κ1) is 29.6. The Bertz CT molecular complexity index is 1730. The number of anilines is 1. The predicted octanol–water partition coefficient (Wildman–Crippen LogP) is 6.30. The van der Waals surface area contributed by atoms with Crippen molar-refractivity contribution in [3.05, 3.63) is 139 Å². The number of carbonyl (C=O) groups excluding carboxylic acids is 3. The molecule has 0 bridgehead atoms. The number of hydrogen-bond donors (Lipinski definition) is 2. The first-order valence-electron chi connectivity index (χ1n) is 12.4. The van der Waals surface area contributed by atoms with E-state index in [-0.39, 0.29) is 22.9 Å². The lowest BCUT2D eigenvalue weighted by Crippen LogP contribution is -2.18. The molecular formula is C31H23BrN4O6. The number of aryl methyl sites for hydroxylation is 1. The molecule has 0 aliphatic carbocycles. The Labute approximate surface area is 249 Å². The number of non-ortho nitro benzene ring substituents is 1. The van der Waals surface area contributed by atoms with E-state index in [0.717, 1.165) is 11.6 Å². The van der Waals surface area contributed by atoms with Crippen LogP contribution in [0, 0.1) is 17.0 Å². The molecule has 10 nitrogen and oxygen atoms in total. The van der Waals surface area contributed by atoms with Gasteiger partial charge < -0.3 is 10.1 Å². The van der Waals surface area contributed by atoms with Gasteiger partial charge in [-0.15, -0.1) is 0 Å². The number of rotatable bonds is 9. The highest BCUT2D eigenvalue weighted by Gasteiger charge is 2.11. The third-order valence-corrected chi connectivity index (χ3v) is 6.20. The summed E-state index contributed by atoms with van der Waals surface area (Å²) in [5.41, 5.74) is 5.33. The minimum absolute atomic E-state index is 0.0993. The summed E-state index contributed by atoms with van der Waals surface area (Å²) in [7, 11) is 0. The Kier molecular flexibility index (Phi) is 9.69. The number of carbonyl (C=O) groups is 3. The third-order valence-electron chi connectivity index (χ3n) is 5.71. The van der Waals surface area contributed by atoms with Gasteiger partial charge in [0.15, 0.2) is 0 Å². The van der Waals surface area contributed by atoms with Crippen LogP contribution in [-0.2, 0) is 4.79 Å². The largest absolute Gasteiger partial charge is 0.423 e. The van der Waals surface area contributed by atoms with E-state index in [0.29, 0.717) is 26.9 Å². The third kappa shape index (κ3) is 8.29. The zero-order valence-corrected chi connectivity index (χ0v) is 23.7. The number of amides is 2. The van der Waals surface area contributed by atoms with Crippen LogP contribution in [0.5, 0.6) is 5.75 Å². The Balaban J connectivity index is 1.40. The molecule has 4 rings (SSSR count). The van der Waals surface area contributed by atoms with Gasteiger partial charge in [-0.2, -0.15) is 5.10 Å². The molecule has 2 N–H and O–H groups in total. The molecule has 4 aromatic rings. The van der Waals surface area contributed by atoms with Crippen molar-refractivity contribution in [2.45, 2.75) is 6.92 Å². The molecule has 0 atom stereocenters. The van der Waals surface area contributed by atoms with Crippen molar-refractivity contribution in [3.8, 4) is 5.75 Å². The highest BCUT2D eigenvalue weighted by atomic mass is 79.9. The highest BCUT2D eigenvalue weighted by molar-refractivity contribution is 9.10. The van der Waals surface area contributed by atoms with Gasteiger partial charge in [-0.3, -0.25) is 19.7 Å². The maximum Gasteiger partial charge on any atom is 0.336 e. The summed E-state index contributed by atoms with van der Waals surface area (Å²) >= 11 is 3.36. The van der Waals surface area contributed by atoms with Crippen LogP contribution in [0.25, 0.3) is 6.08 Å². The topological polar surface area (TPSA) is 140 Å². The zero-order chi connectivity index (χ0) is 30.1. The van der Waals surface area contributed by atoms with E-state index in [1.54, 1.807) is 60.7 Å². The van der Waals surface area contributed by atoms with Crippen LogP contribution in [0.15, 0.2) is 107 Å². The maximum absolute atomic E-state index is 12.7. The smallest absolute Gasteiger partial charge is 0.336 e. The van der Waals surface area contributed by atoms with E-state index < -0.39 is 16.8 Å². The fourth-order valence-electron chi connectivity index (χ4n) is 3.71. The van der Waals surface area contributed by atoms with Gasteiger partial charge in [0, 0.05) is 45.1 Å². The van der Waals surface area contributed by atoms with E-state index in [1.165, 1.54) is 36.6 Å². The number of nitrogens with one attached hydrogen (secondary N) is 2. The van der Waals surface area contributed by atoms with E-state index >= 15 is 0 Å². The number of nitro groups is 1. The minimum atomic E-state index is -0.716. The second-order valence-corrected chi connectivity index (χ2v) is 9.81. The van der Waals surface area contributed by atoms with E-state index in [9.17, 15) is 24.5 Å². The number of nitrogens with zero attached hydrogens (tertiary/aromatic N) is 2. The summed E-state index contributed by atoms with van der Waals surface area (Å²) in [4.78, 5) is 48.1. The van der Waals surface area contributed by atoms with Crippen LogP contribution >= 0.6 is 15.9 Å². The molecule has 42 heavy (non-hydrogen) atoms.